The van der Waals surface area contributed by atoms with Gasteiger partial charge in [-0.2, -0.15) is 0 Å². The molecular formula is C11H15ClN2O. The highest BCUT2D eigenvalue weighted by atomic mass is 35.5. The lowest BCUT2D eigenvalue weighted by Gasteiger charge is -2.09. The van der Waals surface area contributed by atoms with E-state index in [0.29, 0.717) is 16.6 Å². The Morgan fingerprint density at radius 3 is 2.80 bits per heavy atom. The zero-order chi connectivity index (χ0) is 11.4. The Kier molecular flexibility index (Phi) is 4.09. The lowest BCUT2D eigenvalue weighted by Crippen LogP contribution is -2.20. The maximum absolute atomic E-state index is 11.4. The molecule has 1 aromatic heterocycles. The molecule has 0 bridgehead atoms. The van der Waals surface area contributed by atoms with Crippen molar-refractivity contribution in [3.05, 3.63) is 28.5 Å². The Labute approximate surface area is 94.9 Å². The molecule has 0 atom stereocenters. The maximum Gasteiger partial charge on any atom is 0.271 e. The quantitative estimate of drug-likeness (QED) is 0.860. The molecule has 0 radical (unpaired) electrons. The molecule has 0 aliphatic carbocycles. The van der Waals surface area contributed by atoms with Crippen molar-refractivity contribution in [1.29, 1.82) is 0 Å². The highest BCUT2D eigenvalue weighted by Gasteiger charge is 2.13. The molecule has 1 heterocycles. The van der Waals surface area contributed by atoms with E-state index in [4.69, 9.17) is 11.6 Å². The first-order chi connectivity index (χ1) is 7.06. The fraction of sp³-hybridized carbons (Fsp3) is 0.455. The third-order valence-corrected chi connectivity index (χ3v) is 2.46. The zero-order valence-electron chi connectivity index (χ0n) is 9.17. The van der Waals surface area contributed by atoms with Crippen LogP contribution in [0.5, 0.6) is 0 Å². The van der Waals surface area contributed by atoms with Crippen LogP contribution in [0, 0.1) is 5.92 Å². The van der Waals surface area contributed by atoms with E-state index < -0.39 is 0 Å². The fourth-order valence-electron chi connectivity index (χ4n) is 1.36. The van der Waals surface area contributed by atoms with Crippen molar-refractivity contribution in [2.75, 3.05) is 7.05 Å². The summed E-state index contributed by atoms with van der Waals surface area (Å²) in [5, 5.41) is 2.98. The second-order valence-corrected chi connectivity index (χ2v) is 4.19. The van der Waals surface area contributed by atoms with Crippen LogP contribution in [0.25, 0.3) is 0 Å². The smallest absolute Gasteiger partial charge is 0.271 e. The topological polar surface area (TPSA) is 42.0 Å². The molecule has 0 aliphatic rings. The summed E-state index contributed by atoms with van der Waals surface area (Å²) in [4.78, 5) is 15.4. The van der Waals surface area contributed by atoms with Crippen molar-refractivity contribution in [1.82, 2.24) is 10.3 Å². The Balaban J connectivity index is 3.05. The largest absolute Gasteiger partial charge is 0.354 e. The number of halogens is 1. The van der Waals surface area contributed by atoms with E-state index in [9.17, 15) is 4.79 Å². The van der Waals surface area contributed by atoms with Crippen molar-refractivity contribution in [3.8, 4) is 0 Å². The van der Waals surface area contributed by atoms with Gasteiger partial charge in [-0.05, 0) is 24.0 Å². The minimum absolute atomic E-state index is 0.245. The number of aromatic nitrogens is 1. The summed E-state index contributed by atoms with van der Waals surface area (Å²) in [6.45, 7) is 4.21. The minimum Gasteiger partial charge on any atom is -0.354 e. The second-order valence-electron chi connectivity index (χ2n) is 3.81. The standard InChI is InChI=1S/C11H15ClN2O/c1-7(2)6-8-4-5-14-10(9(8)12)11(15)13-3/h4-5,7H,6H2,1-3H3,(H,13,15). The highest BCUT2D eigenvalue weighted by molar-refractivity contribution is 6.34. The lowest BCUT2D eigenvalue weighted by atomic mass is 10.0. The van der Waals surface area contributed by atoms with E-state index in [1.807, 2.05) is 6.07 Å². The summed E-state index contributed by atoms with van der Waals surface area (Å²) in [6, 6.07) is 1.86. The molecule has 1 aromatic rings. The van der Waals surface area contributed by atoms with E-state index in [1.54, 1.807) is 13.2 Å². The number of amides is 1. The van der Waals surface area contributed by atoms with Crippen LogP contribution in [0.2, 0.25) is 5.02 Å². The molecule has 15 heavy (non-hydrogen) atoms. The van der Waals surface area contributed by atoms with Crippen molar-refractivity contribution in [2.45, 2.75) is 20.3 Å². The summed E-state index contributed by atoms with van der Waals surface area (Å²) in [5.41, 5.74) is 1.28. The SMILES string of the molecule is CNC(=O)c1nccc(CC(C)C)c1Cl. The van der Waals surface area contributed by atoms with Crippen LogP contribution in [0.4, 0.5) is 0 Å². The molecule has 1 rings (SSSR count). The van der Waals surface area contributed by atoms with Crippen molar-refractivity contribution < 1.29 is 4.79 Å². The molecule has 1 amide bonds. The van der Waals surface area contributed by atoms with Gasteiger partial charge in [-0.15, -0.1) is 0 Å². The molecule has 0 saturated carbocycles. The second kappa shape index (κ2) is 5.12. The molecule has 0 unspecified atom stereocenters. The maximum atomic E-state index is 11.4. The van der Waals surface area contributed by atoms with Crippen LogP contribution in [-0.2, 0) is 6.42 Å². The van der Waals surface area contributed by atoms with Crippen molar-refractivity contribution in [2.24, 2.45) is 5.92 Å². The zero-order valence-corrected chi connectivity index (χ0v) is 9.93. The molecule has 82 valence electrons. The first kappa shape index (κ1) is 12.0. The number of nitrogens with one attached hydrogen (secondary N) is 1. The van der Waals surface area contributed by atoms with Crippen molar-refractivity contribution in [3.63, 3.8) is 0 Å². The van der Waals surface area contributed by atoms with Crippen LogP contribution < -0.4 is 5.32 Å². The van der Waals surface area contributed by atoms with Gasteiger partial charge in [0.1, 0.15) is 5.69 Å². The number of hydrogen-bond donors (Lipinski definition) is 1. The van der Waals surface area contributed by atoms with Crippen LogP contribution in [-0.4, -0.2) is 17.9 Å². The molecule has 1 N–H and O–H groups in total. The predicted octanol–water partition coefficient (Wildman–Crippen LogP) is 2.29. The number of rotatable bonds is 3. The average Bonchev–Trinajstić information content (AvgIpc) is 2.19. The van der Waals surface area contributed by atoms with Gasteiger partial charge in [0.15, 0.2) is 0 Å². The number of hydrogen-bond acceptors (Lipinski definition) is 2. The Bertz CT molecular complexity index is 364. The molecule has 0 aliphatic heterocycles. The van der Waals surface area contributed by atoms with Crippen LogP contribution in [0.3, 0.4) is 0 Å². The van der Waals surface area contributed by atoms with Gasteiger partial charge in [-0.1, -0.05) is 25.4 Å². The van der Waals surface area contributed by atoms with Gasteiger partial charge in [0.05, 0.1) is 5.02 Å². The minimum atomic E-state index is -0.245. The molecule has 4 heteroatoms. The summed E-state index contributed by atoms with van der Waals surface area (Å²) >= 11 is 6.10. The third-order valence-electron chi connectivity index (χ3n) is 2.04. The first-order valence-corrected chi connectivity index (χ1v) is 5.29. The lowest BCUT2D eigenvalue weighted by molar-refractivity contribution is 0.0958. The molecular weight excluding hydrogens is 212 g/mol. The Morgan fingerprint density at radius 1 is 1.60 bits per heavy atom. The summed E-state index contributed by atoms with van der Waals surface area (Å²) in [5.74, 6) is 0.257. The summed E-state index contributed by atoms with van der Waals surface area (Å²) < 4.78 is 0. The Hall–Kier alpha value is -1.09. The first-order valence-electron chi connectivity index (χ1n) is 4.91. The van der Waals surface area contributed by atoms with Crippen LogP contribution in [0.15, 0.2) is 12.3 Å². The number of carbonyl (C=O) groups excluding carboxylic acids is 1. The van der Waals surface area contributed by atoms with Gasteiger partial charge >= 0.3 is 0 Å². The number of nitrogens with zero attached hydrogens (tertiary/aromatic N) is 1. The van der Waals surface area contributed by atoms with Gasteiger partial charge in [-0.25, -0.2) is 4.98 Å². The van der Waals surface area contributed by atoms with Gasteiger partial charge < -0.3 is 5.32 Å². The Morgan fingerprint density at radius 2 is 2.27 bits per heavy atom. The monoisotopic (exact) mass is 226 g/mol. The van der Waals surface area contributed by atoms with E-state index >= 15 is 0 Å². The highest BCUT2D eigenvalue weighted by Crippen LogP contribution is 2.21. The van der Waals surface area contributed by atoms with Crippen LogP contribution >= 0.6 is 11.6 Å². The van der Waals surface area contributed by atoms with Gasteiger partial charge in [-0.3, -0.25) is 4.79 Å². The van der Waals surface area contributed by atoms with Gasteiger partial charge in [0.25, 0.3) is 5.91 Å². The van der Waals surface area contributed by atoms with Gasteiger partial charge in [0.2, 0.25) is 0 Å². The summed E-state index contributed by atoms with van der Waals surface area (Å²) in [7, 11) is 1.56. The third kappa shape index (κ3) is 2.93. The predicted molar refractivity (Wildman–Crippen MR) is 61.2 cm³/mol. The molecule has 0 fully saturated rings. The van der Waals surface area contributed by atoms with Crippen LogP contribution in [0.1, 0.15) is 29.9 Å². The molecule has 0 saturated heterocycles. The van der Waals surface area contributed by atoms with E-state index in [1.165, 1.54) is 0 Å². The molecule has 0 aromatic carbocycles. The molecule has 3 nitrogen and oxygen atoms in total. The normalized spacial score (nSPS) is 10.5. The van der Waals surface area contributed by atoms with E-state index in [0.717, 1.165) is 12.0 Å². The van der Waals surface area contributed by atoms with Crippen molar-refractivity contribution >= 4 is 17.5 Å². The summed E-state index contributed by atoms with van der Waals surface area (Å²) in [6.07, 6.45) is 2.47. The van der Waals surface area contributed by atoms with E-state index in [-0.39, 0.29) is 5.91 Å². The number of pyridine rings is 1. The van der Waals surface area contributed by atoms with E-state index in [2.05, 4.69) is 24.1 Å². The van der Waals surface area contributed by atoms with Gasteiger partial charge in [0, 0.05) is 13.2 Å². The number of carbonyl (C=O) groups is 1. The fourth-order valence-corrected chi connectivity index (χ4v) is 1.63. The molecule has 0 spiro atoms. The average molecular weight is 227 g/mol.